The summed E-state index contributed by atoms with van der Waals surface area (Å²) in [5, 5.41) is 7.73. The van der Waals surface area contributed by atoms with Crippen molar-refractivity contribution in [3.63, 3.8) is 0 Å². The maximum absolute atomic E-state index is 5.80. The van der Waals surface area contributed by atoms with Crippen LogP contribution in [0.3, 0.4) is 0 Å². The van der Waals surface area contributed by atoms with E-state index in [0.717, 1.165) is 29.7 Å². The molecule has 2 heterocycles. The van der Waals surface area contributed by atoms with Gasteiger partial charge in [-0.05, 0) is 59.1 Å². The molecule has 1 N–H and O–H groups in total. The summed E-state index contributed by atoms with van der Waals surface area (Å²) in [5.74, 6) is 1.10. The van der Waals surface area contributed by atoms with Crippen LogP contribution in [0.4, 0.5) is 0 Å². The van der Waals surface area contributed by atoms with Crippen LogP contribution in [0.1, 0.15) is 22.7 Å². The Bertz CT molecular complexity index is 568. The lowest BCUT2D eigenvalue weighted by Gasteiger charge is -2.17. The van der Waals surface area contributed by atoms with Crippen LogP contribution >= 0.6 is 27.3 Å². The lowest BCUT2D eigenvalue weighted by molar-refractivity contribution is 0.352. The molecule has 0 saturated carbocycles. The van der Waals surface area contributed by atoms with E-state index in [1.165, 1.54) is 16.7 Å². The first-order valence-electron chi connectivity index (χ1n) is 6.41. The molecule has 2 aromatic rings. The standard InChI is InChI=1S/C15H16BrNOS/c1-17-14(11-3-5-19-9-11)8-12-7-13(16)6-10-2-4-18-15(10)12/h3,5-7,9,14,17H,2,4,8H2,1H3. The highest BCUT2D eigenvalue weighted by Gasteiger charge is 2.20. The van der Waals surface area contributed by atoms with Crippen molar-refractivity contribution >= 4 is 27.3 Å². The largest absolute Gasteiger partial charge is 0.493 e. The number of likely N-dealkylation sites (N-methyl/N-ethyl adjacent to an activating group) is 1. The Hall–Kier alpha value is -0.840. The van der Waals surface area contributed by atoms with Crippen LogP contribution in [0.25, 0.3) is 0 Å². The average Bonchev–Trinajstić information content (AvgIpc) is 3.05. The zero-order valence-corrected chi connectivity index (χ0v) is 13.2. The van der Waals surface area contributed by atoms with Crippen LogP contribution in [-0.4, -0.2) is 13.7 Å². The van der Waals surface area contributed by atoms with Gasteiger partial charge in [-0.25, -0.2) is 0 Å². The predicted molar refractivity (Wildman–Crippen MR) is 83.2 cm³/mol. The van der Waals surface area contributed by atoms with Crippen LogP contribution in [0.15, 0.2) is 33.4 Å². The van der Waals surface area contributed by atoms with Crippen molar-refractivity contribution in [2.24, 2.45) is 0 Å². The molecule has 1 aromatic heterocycles. The number of ether oxygens (including phenoxy) is 1. The molecular weight excluding hydrogens is 322 g/mol. The number of hydrogen-bond donors (Lipinski definition) is 1. The molecule has 0 radical (unpaired) electrons. The Kier molecular flexibility index (Phi) is 3.91. The van der Waals surface area contributed by atoms with Crippen LogP contribution in [-0.2, 0) is 12.8 Å². The molecule has 1 aliphatic heterocycles. The van der Waals surface area contributed by atoms with Crippen molar-refractivity contribution in [1.29, 1.82) is 0 Å². The summed E-state index contributed by atoms with van der Waals surface area (Å²) in [6, 6.07) is 6.88. The SMILES string of the molecule is CNC(Cc1cc(Br)cc2c1OCC2)c1ccsc1. The quantitative estimate of drug-likeness (QED) is 0.911. The molecule has 0 spiro atoms. The summed E-state index contributed by atoms with van der Waals surface area (Å²) in [6.45, 7) is 0.807. The van der Waals surface area contributed by atoms with Gasteiger partial charge < -0.3 is 10.1 Å². The predicted octanol–water partition coefficient (Wildman–Crippen LogP) is 3.95. The third kappa shape index (κ3) is 2.71. The molecule has 0 fully saturated rings. The first-order chi connectivity index (χ1) is 9.28. The Morgan fingerprint density at radius 1 is 1.47 bits per heavy atom. The monoisotopic (exact) mass is 337 g/mol. The fourth-order valence-corrected chi connectivity index (χ4v) is 3.84. The lowest BCUT2D eigenvalue weighted by Crippen LogP contribution is -2.18. The number of halogens is 1. The van der Waals surface area contributed by atoms with Crippen molar-refractivity contribution in [3.8, 4) is 5.75 Å². The fourth-order valence-electron chi connectivity index (χ4n) is 2.58. The highest BCUT2D eigenvalue weighted by atomic mass is 79.9. The van der Waals surface area contributed by atoms with Gasteiger partial charge in [-0.3, -0.25) is 0 Å². The average molecular weight is 338 g/mol. The van der Waals surface area contributed by atoms with Crippen molar-refractivity contribution in [2.45, 2.75) is 18.9 Å². The van der Waals surface area contributed by atoms with E-state index in [1.807, 2.05) is 7.05 Å². The lowest BCUT2D eigenvalue weighted by atomic mass is 9.98. The second-order valence-electron chi connectivity index (χ2n) is 4.75. The van der Waals surface area contributed by atoms with Gasteiger partial charge in [0, 0.05) is 16.9 Å². The molecular formula is C15H16BrNOS. The molecule has 100 valence electrons. The van der Waals surface area contributed by atoms with Crippen LogP contribution in [0.5, 0.6) is 5.75 Å². The zero-order chi connectivity index (χ0) is 13.2. The Labute approximate surface area is 125 Å². The molecule has 1 atom stereocenters. The molecule has 19 heavy (non-hydrogen) atoms. The van der Waals surface area contributed by atoms with Gasteiger partial charge in [-0.1, -0.05) is 15.9 Å². The second-order valence-corrected chi connectivity index (χ2v) is 6.45. The summed E-state index contributed by atoms with van der Waals surface area (Å²) in [5.41, 5.74) is 3.95. The maximum Gasteiger partial charge on any atom is 0.125 e. The molecule has 0 bridgehead atoms. The third-order valence-electron chi connectivity index (χ3n) is 3.54. The third-order valence-corrected chi connectivity index (χ3v) is 4.70. The van der Waals surface area contributed by atoms with E-state index in [9.17, 15) is 0 Å². The fraction of sp³-hybridized carbons (Fsp3) is 0.333. The number of rotatable bonds is 4. The Morgan fingerprint density at radius 3 is 3.11 bits per heavy atom. The van der Waals surface area contributed by atoms with Gasteiger partial charge in [-0.2, -0.15) is 11.3 Å². The second kappa shape index (κ2) is 5.65. The summed E-state index contributed by atoms with van der Waals surface area (Å²) >= 11 is 5.34. The minimum Gasteiger partial charge on any atom is -0.493 e. The molecule has 0 aliphatic carbocycles. The number of thiophene rings is 1. The summed E-state index contributed by atoms with van der Waals surface area (Å²) in [4.78, 5) is 0. The number of hydrogen-bond acceptors (Lipinski definition) is 3. The molecule has 3 rings (SSSR count). The molecule has 2 nitrogen and oxygen atoms in total. The first kappa shape index (κ1) is 13.2. The van der Waals surface area contributed by atoms with E-state index in [-0.39, 0.29) is 0 Å². The van der Waals surface area contributed by atoms with E-state index in [4.69, 9.17) is 4.74 Å². The highest BCUT2D eigenvalue weighted by Crippen LogP contribution is 2.35. The Morgan fingerprint density at radius 2 is 2.37 bits per heavy atom. The van der Waals surface area contributed by atoms with Gasteiger partial charge in [0.2, 0.25) is 0 Å². The van der Waals surface area contributed by atoms with Gasteiger partial charge in [-0.15, -0.1) is 0 Å². The van der Waals surface area contributed by atoms with E-state index >= 15 is 0 Å². The van der Waals surface area contributed by atoms with Gasteiger partial charge >= 0.3 is 0 Å². The normalized spacial score (nSPS) is 15.1. The van der Waals surface area contributed by atoms with Gasteiger partial charge in [0.1, 0.15) is 5.75 Å². The van der Waals surface area contributed by atoms with E-state index in [1.54, 1.807) is 11.3 Å². The van der Waals surface area contributed by atoms with Crippen LogP contribution in [0, 0.1) is 0 Å². The summed E-state index contributed by atoms with van der Waals surface area (Å²) in [6.07, 6.45) is 1.97. The van der Waals surface area contributed by atoms with Crippen molar-refractivity contribution in [2.75, 3.05) is 13.7 Å². The summed E-state index contributed by atoms with van der Waals surface area (Å²) in [7, 11) is 2.02. The van der Waals surface area contributed by atoms with Crippen LogP contribution < -0.4 is 10.1 Å². The molecule has 4 heteroatoms. The van der Waals surface area contributed by atoms with Gasteiger partial charge in [0.05, 0.1) is 6.61 Å². The van der Waals surface area contributed by atoms with Crippen molar-refractivity contribution < 1.29 is 4.74 Å². The van der Waals surface area contributed by atoms with Gasteiger partial charge in [0.25, 0.3) is 0 Å². The molecule has 1 aliphatic rings. The van der Waals surface area contributed by atoms with Crippen LogP contribution in [0.2, 0.25) is 0 Å². The van der Waals surface area contributed by atoms with E-state index < -0.39 is 0 Å². The van der Waals surface area contributed by atoms with Gasteiger partial charge in [0.15, 0.2) is 0 Å². The minimum atomic E-state index is 0.342. The minimum absolute atomic E-state index is 0.342. The zero-order valence-electron chi connectivity index (χ0n) is 10.8. The first-order valence-corrected chi connectivity index (χ1v) is 8.15. The van der Waals surface area contributed by atoms with Crippen molar-refractivity contribution in [3.05, 3.63) is 50.1 Å². The number of nitrogens with one attached hydrogen (secondary N) is 1. The topological polar surface area (TPSA) is 21.3 Å². The molecule has 0 amide bonds. The molecule has 1 aromatic carbocycles. The maximum atomic E-state index is 5.80. The van der Waals surface area contributed by atoms with E-state index in [2.05, 4.69) is 50.2 Å². The Balaban J connectivity index is 1.90. The summed E-state index contributed by atoms with van der Waals surface area (Å²) < 4.78 is 6.95. The smallest absolute Gasteiger partial charge is 0.125 e. The number of fused-ring (bicyclic) bond motifs is 1. The molecule has 0 saturated heterocycles. The highest BCUT2D eigenvalue weighted by molar-refractivity contribution is 9.10. The van der Waals surface area contributed by atoms with Crippen molar-refractivity contribution in [1.82, 2.24) is 5.32 Å². The molecule has 1 unspecified atom stereocenters. The number of benzene rings is 1. The van der Waals surface area contributed by atoms with E-state index in [0.29, 0.717) is 6.04 Å².